The highest BCUT2D eigenvalue weighted by molar-refractivity contribution is 8.26. The fourth-order valence-corrected chi connectivity index (χ4v) is 1.48. The zero-order valence-corrected chi connectivity index (χ0v) is 8.53. The summed E-state index contributed by atoms with van der Waals surface area (Å²) in [5, 5.41) is 24.3. The molecule has 0 amide bonds. The molecule has 0 aliphatic carbocycles. The molecule has 1 atom stereocenters. The van der Waals surface area contributed by atoms with E-state index in [1.165, 1.54) is 6.92 Å². The van der Waals surface area contributed by atoms with Crippen molar-refractivity contribution in [2.24, 2.45) is 5.92 Å². The van der Waals surface area contributed by atoms with Gasteiger partial charge in [0.15, 0.2) is 0 Å². The molecule has 4 heteroatoms. The van der Waals surface area contributed by atoms with Gasteiger partial charge in [0, 0.05) is 0 Å². The Morgan fingerprint density at radius 3 is 2.17 bits per heavy atom. The molecule has 1 unspecified atom stereocenters. The van der Waals surface area contributed by atoms with Crippen LogP contribution in [-0.2, 0) is 0 Å². The van der Waals surface area contributed by atoms with Gasteiger partial charge in [0.1, 0.15) is 0 Å². The maximum Gasteiger partial charge on any atom is 0.0989 e. The summed E-state index contributed by atoms with van der Waals surface area (Å²) in [7, 11) is 0. The molecule has 0 rings (SSSR count). The van der Waals surface area contributed by atoms with Crippen LogP contribution in [0.25, 0.3) is 0 Å². The first-order chi connectivity index (χ1) is 5.43. The first kappa shape index (κ1) is 11.6. The van der Waals surface area contributed by atoms with Crippen molar-refractivity contribution < 1.29 is 5.11 Å². The Morgan fingerprint density at radius 1 is 1.33 bits per heavy atom. The van der Waals surface area contributed by atoms with E-state index in [0.29, 0.717) is 17.4 Å². The Balaban J connectivity index is 3.77. The van der Waals surface area contributed by atoms with E-state index in [1.54, 1.807) is 0 Å². The average Bonchev–Trinajstić information content (AvgIpc) is 1.84. The summed E-state index contributed by atoms with van der Waals surface area (Å²) in [4.78, 5) is 0. The van der Waals surface area contributed by atoms with Gasteiger partial charge < -0.3 is 5.11 Å². The molecule has 70 valence electrons. The number of aliphatic hydroxyl groups is 1. The summed E-state index contributed by atoms with van der Waals surface area (Å²) >= 11 is 1.05. The van der Waals surface area contributed by atoms with Gasteiger partial charge >= 0.3 is 0 Å². The van der Waals surface area contributed by atoms with E-state index in [0.717, 1.165) is 11.8 Å². The van der Waals surface area contributed by atoms with Crippen LogP contribution in [-0.4, -0.2) is 21.3 Å². The lowest BCUT2D eigenvalue weighted by Crippen LogP contribution is -2.13. The SMILES string of the molecule is CC(C)CC(=N)SC(=N)C(C)O. The first-order valence-electron chi connectivity index (χ1n) is 3.95. The molecule has 0 fully saturated rings. The first-order valence-corrected chi connectivity index (χ1v) is 4.77. The number of thioether (sulfide) groups is 1. The molecule has 3 N–H and O–H groups in total. The predicted octanol–water partition coefficient (Wildman–Crippen LogP) is 2.10. The van der Waals surface area contributed by atoms with Gasteiger partial charge in [-0.1, -0.05) is 25.6 Å². The smallest absolute Gasteiger partial charge is 0.0989 e. The molecule has 0 aliphatic heterocycles. The van der Waals surface area contributed by atoms with Crippen molar-refractivity contribution in [3.63, 3.8) is 0 Å². The summed E-state index contributed by atoms with van der Waals surface area (Å²) in [6.45, 7) is 5.60. The Labute approximate surface area is 77.6 Å². The maximum atomic E-state index is 8.96. The molecule has 0 radical (unpaired) electrons. The average molecular weight is 188 g/mol. The topological polar surface area (TPSA) is 67.9 Å². The predicted molar refractivity (Wildman–Crippen MR) is 54.2 cm³/mol. The molecule has 0 aliphatic rings. The molecule has 0 aromatic rings. The quantitative estimate of drug-likeness (QED) is 0.469. The maximum absolute atomic E-state index is 8.96. The van der Waals surface area contributed by atoms with Crippen molar-refractivity contribution in [3.05, 3.63) is 0 Å². The highest BCUT2D eigenvalue weighted by Gasteiger charge is 2.09. The molecule has 12 heavy (non-hydrogen) atoms. The normalized spacial score (nSPS) is 13.1. The van der Waals surface area contributed by atoms with Gasteiger partial charge in [-0.2, -0.15) is 0 Å². The van der Waals surface area contributed by atoms with E-state index in [4.69, 9.17) is 15.9 Å². The van der Waals surface area contributed by atoms with Gasteiger partial charge in [0.2, 0.25) is 0 Å². The fraction of sp³-hybridized carbons (Fsp3) is 0.750. The Bertz CT molecular complexity index is 178. The van der Waals surface area contributed by atoms with Crippen LogP contribution >= 0.6 is 11.8 Å². The highest BCUT2D eigenvalue weighted by Crippen LogP contribution is 2.14. The zero-order chi connectivity index (χ0) is 9.72. The number of hydrogen-bond acceptors (Lipinski definition) is 4. The molecule has 0 bridgehead atoms. The van der Waals surface area contributed by atoms with Crippen molar-refractivity contribution in [1.29, 1.82) is 10.8 Å². The summed E-state index contributed by atoms with van der Waals surface area (Å²) < 4.78 is 0. The van der Waals surface area contributed by atoms with Crippen LogP contribution in [0.1, 0.15) is 27.2 Å². The Kier molecular flexibility index (Phi) is 5.17. The standard InChI is InChI=1S/C8H16N2OS/c1-5(2)4-7(9)12-8(10)6(3)11/h5-6,9-11H,4H2,1-3H3. The number of hydrogen-bond donors (Lipinski definition) is 3. The van der Waals surface area contributed by atoms with Gasteiger partial charge in [0.25, 0.3) is 0 Å². The van der Waals surface area contributed by atoms with Crippen LogP contribution in [0.2, 0.25) is 0 Å². The lowest BCUT2D eigenvalue weighted by molar-refractivity contribution is 0.264. The minimum absolute atomic E-state index is 0.153. The van der Waals surface area contributed by atoms with Crippen molar-refractivity contribution in [1.82, 2.24) is 0 Å². The molecule has 0 saturated carbocycles. The third-order valence-corrected chi connectivity index (χ3v) is 2.18. The highest BCUT2D eigenvalue weighted by atomic mass is 32.2. The van der Waals surface area contributed by atoms with Gasteiger partial charge in [-0.05, 0) is 19.3 Å². The lowest BCUT2D eigenvalue weighted by Gasteiger charge is -2.08. The second kappa shape index (κ2) is 5.32. The largest absolute Gasteiger partial charge is 0.387 e. The second-order valence-corrected chi connectivity index (χ2v) is 4.30. The fourth-order valence-electron chi connectivity index (χ4n) is 0.630. The van der Waals surface area contributed by atoms with Gasteiger partial charge in [-0.15, -0.1) is 0 Å². The molecular formula is C8H16N2OS. The van der Waals surface area contributed by atoms with Crippen LogP contribution in [0.4, 0.5) is 0 Å². The van der Waals surface area contributed by atoms with Crippen molar-refractivity contribution in [3.8, 4) is 0 Å². The minimum Gasteiger partial charge on any atom is -0.387 e. The van der Waals surface area contributed by atoms with Crippen LogP contribution < -0.4 is 0 Å². The molecule has 0 saturated heterocycles. The van der Waals surface area contributed by atoms with Crippen molar-refractivity contribution in [2.75, 3.05) is 0 Å². The minimum atomic E-state index is -0.748. The molecule has 0 aromatic heterocycles. The molecule has 3 nitrogen and oxygen atoms in total. The van der Waals surface area contributed by atoms with E-state index in [2.05, 4.69) is 0 Å². The van der Waals surface area contributed by atoms with Gasteiger partial charge in [-0.25, -0.2) is 0 Å². The Morgan fingerprint density at radius 2 is 1.83 bits per heavy atom. The van der Waals surface area contributed by atoms with Crippen LogP contribution in [0, 0.1) is 16.7 Å². The Hall–Kier alpha value is -0.350. The van der Waals surface area contributed by atoms with E-state index < -0.39 is 6.10 Å². The van der Waals surface area contributed by atoms with Crippen LogP contribution in [0.15, 0.2) is 0 Å². The van der Waals surface area contributed by atoms with Gasteiger partial charge in [0.05, 0.1) is 16.2 Å². The molecule has 0 spiro atoms. The summed E-state index contributed by atoms with van der Waals surface area (Å²) in [6, 6.07) is 0. The lowest BCUT2D eigenvalue weighted by atomic mass is 10.1. The van der Waals surface area contributed by atoms with Crippen molar-refractivity contribution >= 4 is 21.8 Å². The zero-order valence-electron chi connectivity index (χ0n) is 7.72. The van der Waals surface area contributed by atoms with E-state index in [-0.39, 0.29) is 5.04 Å². The number of rotatable bonds is 3. The van der Waals surface area contributed by atoms with Crippen LogP contribution in [0.5, 0.6) is 0 Å². The number of aliphatic hydroxyl groups excluding tert-OH is 1. The second-order valence-electron chi connectivity index (χ2n) is 3.16. The molecular weight excluding hydrogens is 172 g/mol. The van der Waals surface area contributed by atoms with Gasteiger partial charge in [-0.3, -0.25) is 10.8 Å². The van der Waals surface area contributed by atoms with E-state index >= 15 is 0 Å². The number of nitrogens with one attached hydrogen (secondary N) is 2. The van der Waals surface area contributed by atoms with E-state index in [1.807, 2.05) is 13.8 Å². The monoisotopic (exact) mass is 188 g/mol. The third-order valence-electron chi connectivity index (χ3n) is 1.21. The molecule has 0 aromatic carbocycles. The van der Waals surface area contributed by atoms with Crippen molar-refractivity contribution in [2.45, 2.75) is 33.3 Å². The summed E-state index contributed by atoms with van der Waals surface area (Å²) in [5.41, 5.74) is 0. The summed E-state index contributed by atoms with van der Waals surface area (Å²) in [6.07, 6.45) is -0.0673. The third kappa shape index (κ3) is 5.32. The van der Waals surface area contributed by atoms with E-state index in [9.17, 15) is 0 Å². The van der Waals surface area contributed by atoms with Crippen LogP contribution in [0.3, 0.4) is 0 Å². The molecule has 0 heterocycles. The summed E-state index contributed by atoms with van der Waals surface area (Å²) in [5.74, 6) is 0.437.